The molecule has 0 spiro atoms. The highest BCUT2D eigenvalue weighted by atomic mass is 35.5. The summed E-state index contributed by atoms with van der Waals surface area (Å²) in [5, 5.41) is 4.52. The molecule has 3 unspecified atom stereocenters. The number of alkyl halides is 4. The largest absolute Gasteiger partial charge is 0.433 e. The standard InChI is InChI=1S/C30H32ClF4N5O.C3H8O/c31-23-5-8-26(20-3-6-24(7-4-20)38-12-10-37(11-13-38)17-21-14-27(21)32)28(15-23)39-9-1-2-25(18-39)40-29(30(33,34)35)22(19-41)16-36-40;1-3-4-2/h3-8,15-16,19,21,25,27H,1-2,9-14,17-18H2;3H2,1-2H3. The zero-order valence-corrected chi connectivity index (χ0v) is 26.4. The molecule has 1 aromatic heterocycles. The molecule has 3 fully saturated rings. The first kappa shape index (κ1) is 33.2. The molecule has 6 rings (SSSR count). The highest BCUT2D eigenvalue weighted by Gasteiger charge is 2.41. The number of ether oxygens (including phenoxy) is 1. The number of anilines is 2. The predicted octanol–water partition coefficient (Wildman–Crippen LogP) is 7.01. The van der Waals surface area contributed by atoms with Crippen LogP contribution in [-0.2, 0) is 10.9 Å². The molecule has 1 aliphatic carbocycles. The minimum atomic E-state index is -4.68. The molecule has 2 aliphatic heterocycles. The Morgan fingerprint density at radius 3 is 2.33 bits per heavy atom. The number of piperidine rings is 1. The number of piperazine rings is 1. The van der Waals surface area contributed by atoms with Crippen molar-refractivity contribution in [1.29, 1.82) is 0 Å². The topological polar surface area (TPSA) is 53.8 Å². The second-order valence-corrected chi connectivity index (χ2v) is 12.3. The first-order chi connectivity index (χ1) is 21.6. The molecular weight excluding hydrogens is 610 g/mol. The average Bonchev–Trinajstić information content (AvgIpc) is 3.54. The van der Waals surface area contributed by atoms with Gasteiger partial charge in [-0.05, 0) is 56.0 Å². The number of hydrogen-bond donors (Lipinski definition) is 0. The minimum Gasteiger partial charge on any atom is -0.385 e. The van der Waals surface area contributed by atoms with Gasteiger partial charge in [0.1, 0.15) is 6.17 Å². The molecule has 0 N–H and O–H groups in total. The fraction of sp³-hybridized carbons (Fsp3) is 0.515. The Kier molecular flexibility index (Phi) is 10.7. The second kappa shape index (κ2) is 14.5. The molecule has 2 saturated heterocycles. The lowest BCUT2D eigenvalue weighted by molar-refractivity contribution is -0.145. The van der Waals surface area contributed by atoms with Crippen LogP contribution in [0.4, 0.5) is 28.9 Å². The monoisotopic (exact) mass is 649 g/mol. The van der Waals surface area contributed by atoms with Gasteiger partial charge in [-0.25, -0.2) is 4.39 Å². The van der Waals surface area contributed by atoms with Crippen LogP contribution in [0.5, 0.6) is 0 Å². The fourth-order valence-corrected chi connectivity index (χ4v) is 6.35. The lowest BCUT2D eigenvalue weighted by Gasteiger charge is -2.37. The summed E-state index contributed by atoms with van der Waals surface area (Å²) in [5.41, 5.74) is 2.47. The van der Waals surface area contributed by atoms with Crippen LogP contribution in [0.15, 0.2) is 48.7 Å². The van der Waals surface area contributed by atoms with Gasteiger partial charge in [-0.1, -0.05) is 29.8 Å². The number of benzene rings is 2. The van der Waals surface area contributed by atoms with Crippen LogP contribution in [0.1, 0.15) is 48.3 Å². The highest BCUT2D eigenvalue weighted by Crippen LogP contribution is 2.39. The first-order valence-electron chi connectivity index (χ1n) is 15.5. The van der Waals surface area contributed by atoms with E-state index < -0.39 is 29.6 Å². The van der Waals surface area contributed by atoms with E-state index in [2.05, 4.69) is 48.8 Å². The third-order valence-electron chi connectivity index (χ3n) is 8.80. The van der Waals surface area contributed by atoms with E-state index in [1.165, 1.54) is 0 Å². The van der Waals surface area contributed by atoms with Gasteiger partial charge in [0.15, 0.2) is 12.0 Å². The van der Waals surface area contributed by atoms with Crippen LogP contribution in [0.2, 0.25) is 5.02 Å². The molecule has 3 aliphatic rings. The van der Waals surface area contributed by atoms with Gasteiger partial charge in [0.25, 0.3) is 0 Å². The molecule has 7 nitrogen and oxygen atoms in total. The quantitative estimate of drug-likeness (QED) is 0.193. The van der Waals surface area contributed by atoms with Crippen LogP contribution in [0.3, 0.4) is 0 Å². The summed E-state index contributed by atoms with van der Waals surface area (Å²) >= 11 is 6.40. The number of aldehydes is 1. The lowest BCUT2D eigenvalue weighted by Crippen LogP contribution is -2.47. The molecule has 244 valence electrons. The SMILES string of the molecule is CCOC.O=Cc1cnn(C2CCCN(c3cc(Cl)ccc3-c3ccc(N4CCN(CC5CC5F)CC4)cc3)C2)c1C(F)(F)F. The molecule has 12 heteroatoms. The summed E-state index contributed by atoms with van der Waals surface area (Å²) in [5.74, 6) is 0.213. The van der Waals surface area contributed by atoms with Gasteiger partial charge in [-0.2, -0.15) is 18.3 Å². The zero-order valence-electron chi connectivity index (χ0n) is 25.6. The number of hydrogen-bond acceptors (Lipinski definition) is 6. The highest BCUT2D eigenvalue weighted by molar-refractivity contribution is 6.31. The summed E-state index contributed by atoms with van der Waals surface area (Å²) in [7, 11) is 1.68. The Morgan fingerprint density at radius 2 is 1.73 bits per heavy atom. The summed E-state index contributed by atoms with van der Waals surface area (Å²) in [4.78, 5) is 18.0. The number of rotatable bonds is 8. The van der Waals surface area contributed by atoms with Crippen LogP contribution in [-0.4, -0.2) is 86.7 Å². The number of nitrogens with zero attached hydrogens (tertiary/aromatic N) is 5. The zero-order chi connectivity index (χ0) is 32.1. The maximum absolute atomic E-state index is 13.8. The van der Waals surface area contributed by atoms with E-state index in [9.17, 15) is 22.4 Å². The van der Waals surface area contributed by atoms with Gasteiger partial charge in [-0.15, -0.1) is 0 Å². The van der Waals surface area contributed by atoms with Crippen molar-refractivity contribution in [1.82, 2.24) is 14.7 Å². The first-order valence-corrected chi connectivity index (χ1v) is 15.9. The smallest absolute Gasteiger partial charge is 0.385 e. The third-order valence-corrected chi connectivity index (χ3v) is 9.03. The van der Waals surface area contributed by atoms with Gasteiger partial charge < -0.3 is 14.5 Å². The molecular formula is C33H40ClF4N5O2. The number of halogens is 5. The number of methoxy groups -OCH3 is 1. The molecule has 3 heterocycles. The van der Waals surface area contributed by atoms with Crippen LogP contribution in [0.25, 0.3) is 11.1 Å². The fourth-order valence-electron chi connectivity index (χ4n) is 6.19. The number of carbonyl (C=O) groups is 1. The number of carbonyl (C=O) groups excluding carboxylic acids is 1. The van der Waals surface area contributed by atoms with E-state index in [0.29, 0.717) is 37.4 Å². The molecule has 1 saturated carbocycles. The second-order valence-electron chi connectivity index (χ2n) is 11.8. The van der Waals surface area contributed by atoms with E-state index in [1.807, 2.05) is 25.1 Å². The Balaban J connectivity index is 0.000000945. The van der Waals surface area contributed by atoms with Crippen LogP contribution in [0, 0.1) is 5.92 Å². The van der Waals surface area contributed by atoms with Crippen molar-refractivity contribution >= 4 is 29.3 Å². The molecule has 0 radical (unpaired) electrons. The van der Waals surface area contributed by atoms with Crippen LogP contribution >= 0.6 is 11.6 Å². The Hall–Kier alpha value is -3.15. The Morgan fingerprint density at radius 1 is 1.04 bits per heavy atom. The van der Waals surface area contributed by atoms with Gasteiger partial charge in [0, 0.05) is 87.4 Å². The van der Waals surface area contributed by atoms with Crippen molar-refractivity contribution in [3.05, 3.63) is 64.9 Å². The van der Waals surface area contributed by atoms with Crippen molar-refractivity contribution < 1.29 is 27.1 Å². The minimum absolute atomic E-state index is 0.209. The van der Waals surface area contributed by atoms with Crippen LogP contribution < -0.4 is 9.80 Å². The van der Waals surface area contributed by atoms with E-state index in [0.717, 1.165) is 72.7 Å². The molecule has 3 atom stereocenters. The molecule has 0 bridgehead atoms. The van der Waals surface area contributed by atoms with E-state index >= 15 is 0 Å². The van der Waals surface area contributed by atoms with E-state index in [1.54, 1.807) is 7.11 Å². The summed E-state index contributed by atoms with van der Waals surface area (Å²) in [6, 6.07) is 13.4. The average molecular weight is 650 g/mol. The predicted molar refractivity (Wildman–Crippen MR) is 169 cm³/mol. The Labute approximate surface area is 266 Å². The van der Waals surface area contributed by atoms with Crippen molar-refractivity contribution in [2.75, 3.05) is 69.3 Å². The van der Waals surface area contributed by atoms with Crippen molar-refractivity contribution in [3.8, 4) is 11.1 Å². The summed E-state index contributed by atoms with van der Waals surface area (Å²) in [6.07, 6.45) is -2.21. The lowest BCUT2D eigenvalue weighted by atomic mass is 9.99. The van der Waals surface area contributed by atoms with E-state index in [-0.39, 0.29) is 12.2 Å². The van der Waals surface area contributed by atoms with Gasteiger partial charge in [0.2, 0.25) is 0 Å². The Bertz CT molecular complexity index is 1420. The molecule has 0 amide bonds. The normalized spacial score (nSPS) is 22.2. The van der Waals surface area contributed by atoms with Crippen molar-refractivity contribution in [2.45, 2.75) is 44.6 Å². The third kappa shape index (κ3) is 7.99. The number of aromatic nitrogens is 2. The summed E-state index contributed by atoms with van der Waals surface area (Å²) in [6.45, 7) is 8.22. The van der Waals surface area contributed by atoms with Gasteiger partial charge >= 0.3 is 6.18 Å². The maximum Gasteiger partial charge on any atom is 0.433 e. The molecule has 2 aromatic carbocycles. The maximum atomic E-state index is 13.8. The van der Waals surface area contributed by atoms with E-state index in [4.69, 9.17) is 11.6 Å². The van der Waals surface area contributed by atoms with Gasteiger partial charge in [0.05, 0.1) is 17.8 Å². The van der Waals surface area contributed by atoms with Crippen molar-refractivity contribution in [3.63, 3.8) is 0 Å². The van der Waals surface area contributed by atoms with Crippen molar-refractivity contribution in [2.24, 2.45) is 5.92 Å². The summed E-state index contributed by atoms with van der Waals surface area (Å²) < 4.78 is 60.3. The van der Waals surface area contributed by atoms with Gasteiger partial charge in [-0.3, -0.25) is 14.4 Å². The molecule has 45 heavy (non-hydrogen) atoms. The molecule has 3 aromatic rings.